The Morgan fingerprint density at radius 1 is 0.964 bits per heavy atom. The maximum Gasteiger partial charge on any atom is 0.339 e. The molecule has 8 nitrogen and oxygen atoms in total. The van der Waals surface area contributed by atoms with Gasteiger partial charge in [-0.05, 0) is 49.4 Å². The fourth-order valence-corrected chi connectivity index (χ4v) is 4.54. The highest BCUT2D eigenvalue weighted by Crippen LogP contribution is 2.25. The van der Waals surface area contributed by atoms with Gasteiger partial charge in [0.2, 0.25) is 10.0 Å². The third-order valence-corrected chi connectivity index (χ3v) is 6.61. The third-order valence-electron chi connectivity index (χ3n) is 4.71. The van der Waals surface area contributed by atoms with Crippen molar-refractivity contribution in [2.75, 3.05) is 31.1 Å². The maximum atomic E-state index is 12.8. The van der Waals surface area contributed by atoms with Crippen molar-refractivity contribution in [3.8, 4) is 5.75 Å². The van der Waals surface area contributed by atoms with Crippen molar-refractivity contribution in [1.29, 1.82) is 0 Å². The third kappa shape index (κ3) is 3.85. The molecular formula is C19H20N2O6S. The largest absolute Gasteiger partial charge is 0.507 e. The van der Waals surface area contributed by atoms with Gasteiger partial charge in [-0.25, -0.2) is 13.2 Å². The van der Waals surface area contributed by atoms with E-state index in [0.29, 0.717) is 18.7 Å². The summed E-state index contributed by atoms with van der Waals surface area (Å²) in [5, 5.41) is 18.7. The Labute approximate surface area is 162 Å². The van der Waals surface area contributed by atoms with Gasteiger partial charge in [-0.2, -0.15) is 4.31 Å². The zero-order valence-electron chi connectivity index (χ0n) is 15.2. The van der Waals surface area contributed by atoms with Crippen LogP contribution >= 0.6 is 0 Å². The summed E-state index contributed by atoms with van der Waals surface area (Å²) in [6.45, 7) is 2.89. The molecule has 1 fully saturated rings. The Bertz CT molecular complexity index is 1010. The number of carboxylic acids is 1. The fourth-order valence-electron chi connectivity index (χ4n) is 3.09. The molecular weight excluding hydrogens is 384 g/mol. The van der Waals surface area contributed by atoms with Crippen LogP contribution in [0.5, 0.6) is 5.75 Å². The van der Waals surface area contributed by atoms with E-state index in [1.165, 1.54) is 17.3 Å². The molecule has 9 heteroatoms. The van der Waals surface area contributed by atoms with Crippen LogP contribution in [0.4, 0.5) is 5.69 Å². The molecule has 1 aliphatic rings. The van der Waals surface area contributed by atoms with Gasteiger partial charge in [-0.1, -0.05) is 0 Å². The Morgan fingerprint density at radius 2 is 1.57 bits per heavy atom. The Hall–Kier alpha value is -2.91. The summed E-state index contributed by atoms with van der Waals surface area (Å²) in [5.74, 6) is -1.89. The molecule has 0 aliphatic carbocycles. The first-order chi connectivity index (χ1) is 13.2. The number of piperazine rings is 1. The summed E-state index contributed by atoms with van der Waals surface area (Å²) in [4.78, 5) is 24.4. The highest BCUT2D eigenvalue weighted by Gasteiger charge is 2.29. The van der Waals surface area contributed by atoms with E-state index in [4.69, 9.17) is 5.11 Å². The zero-order valence-corrected chi connectivity index (χ0v) is 16.0. The van der Waals surface area contributed by atoms with Crippen LogP contribution in [0.15, 0.2) is 47.4 Å². The van der Waals surface area contributed by atoms with E-state index in [9.17, 15) is 23.1 Å². The summed E-state index contributed by atoms with van der Waals surface area (Å²) in [6.07, 6.45) is 0. The normalized spacial score (nSPS) is 15.4. The molecule has 1 saturated heterocycles. The van der Waals surface area contributed by atoms with E-state index >= 15 is 0 Å². The molecule has 0 spiro atoms. The van der Waals surface area contributed by atoms with E-state index in [1.54, 1.807) is 12.1 Å². The molecule has 0 unspecified atom stereocenters. The van der Waals surface area contributed by atoms with Crippen molar-refractivity contribution < 1.29 is 28.2 Å². The molecule has 2 aromatic rings. The fraction of sp³-hybridized carbons (Fsp3) is 0.263. The maximum absolute atomic E-state index is 12.8. The van der Waals surface area contributed by atoms with Crippen LogP contribution in [0.1, 0.15) is 27.6 Å². The second-order valence-corrected chi connectivity index (χ2v) is 8.42. The number of sulfonamides is 1. The van der Waals surface area contributed by atoms with Gasteiger partial charge in [0.1, 0.15) is 11.3 Å². The Kier molecular flexibility index (Phi) is 5.39. The first-order valence-electron chi connectivity index (χ1n) is 8.62. The lowest BCUT2D eigenvalue weighted by molar-refractivity contribution is 0.0693. The summed E-state index contributed by atoms with van der Waals surface area (Å²) < 4.78 is 27.0. The number of carbonyl (C=O) groups excluding carboxylic acids is 1. The minimum atomic E-state index is -3.87. The van der Waals surface area contributed by atoms with Crippen molar-refractivity contribution >= 4 is 27.5 Å². The van der Waals surface area contributed by atoms with Crippen LogP contribution in [0.3, 0.4) is 0 Å². The second-order valence-electron chi connectivity index (χ2n) is 6.48. The molecule has 3 rings (SSSR count). The van der Waals surface area contributed by atoms with E-state index in [1.807, 2.05) is 17.0 Å². The van der Waals surface area contributed by atoms with Gasteiger partial charge < -0.3 is 15.1 Å². The molecule has 0 aromatic heterocycles. The lowest BCUT2D eigenvalue weighted by Crippen LogP contribution is -2.48. The van der Waals surface area contributed by atoms with E-state index in [2.05, 4.69) is 0 Å². The number of aromatic hydroxyl groups is 1. The minimum absolute atomic E-state index is 0.0166. The molecule has 0 saturated carbocycles. The molecule has 28 heavy (non-hydrogen) atoms. The van der Waals surface area contributed by atoms with E-state index in [-0.39, 0.29) is 23.8 Å². The topological polar surface area (TPSA) is 115 Å². The van der Waals surface area contributed by atoms with Crippen molar-refractivity contribution in [2.24, 2.45) is 0 Å². The van der Waals surface area contributed by atoms with Crippen molar-refractivity contribution in [3.05, 3.63) is 53.6 Å². The molecule has 2 N–H and O–H groups in total. The second kappa shape index (κ2) is 7.61. The van der Waals surface area contributed by atoms with Gasteiger partial charge >= 0.3 is 5.97 Å². The molecule has 1 aliphatic heterocycles. The van der Waals surface area contributed by atoms with Crippen LogP contribution in [0.25, 0.3) is 0 Å². The number of ketones is 1. The number of nitrogens with zero attached hydrogens (tertiary/aromatic N) is 2. The molecule has 2 aromatic carbocycles. The smallest absolute Gasteiger partial charge is 0.339 e. The lowest BCUT2D eigenvalue weighted by atomic mass is 10.1. The first-order valence-corrected chi connectivity index (χ1v) is 10.1. The molecule has 148 valence electrons. The van der Waals surface area contributed by atoms with Gasteiger partial charge in [0.15, 0.2) is 5.78 Å². The van der Waals surface area contributed by atoms with Crippen LogP contribution < -0.4 is 4.90 Å². The van der Waals surface area contributed by atoms with Gasteiger partial charge in [0.05, 0.1) is 4.90 Å². The summed E-state index contributed by atoms with van der Waals surface area (Å²) in [7, 11) is -3.87. The van der Waals surface area contributed by atoms with Crippen LogP contribution in [-0.2, 0) is 10.0 Å². The predicted molar refractivity (Wildman–Crippen MR) is 102 cm³/mol. The summed E-state index contributed by atoms with van der Waals surface area (Å²) >= 11 is 0. The molecule has 0 atom stereocenters. The number of aromatic carboxylic acids is 1. The molecule has 0 radical (unpaired) electrons. The van der Waals surface area contributed by atoms with Gasteiger partial charge in [0, 0.05) is 37.4 Å². The number of Topliss-reactive ketones (excluding diaryl/α,β-unsaturated/α-hetero) is 1. The number of carboxylic acid groups (broad SMARTS) is 1. The van der Waals surface area contributed by atoms with E-state index in [0.717, 1.165) is 17.8 Å². The average Bonchev–Trinajstić information content (AvgIpc) is 2.68. The minimum Gasteiger partial charge on any atom is -0.507 e. The number of carbonyl (C=O) groups is 2. The molecule has 0 bridgehead atoms. The zero-order chi connectivity index (χ0) is 20.5. The van der Waals surface area contributed by atoms with Crippen molar-refractivity contribution in [2.45, 2.75) is 11.8 Å². The van der Waals surface area contributed by atoms with Crippen LogP contribution in [0.2, 0.25) is 0 Å². The lowest BCUT2D eigenvalue weighted by Gasteiger charge is -2.35. The first kappa shape index (κ1) is 19.8. The predicted octanol–water partition coefficient (Wildman–Crippen LogP) is 1.80. The highest BCUT2D eigenvalue weighted by atomic mass is 32.2. The van der Waals surface area contributed by atoms with Gasteiger partial charge in [0.25, 0.3) is 0 Å². The monoisotopic (exact) mass is 404 g/mol. The quantitative estimate of drug-likeness (QED) is 0.730. The van der Waals surface area contributed by atoms with Crippen molar-refractivity contribution in [1.82, 2.24) is 4.31 Å². The number of benzene rings is 2. The number of rotatable bonds is 5. The highest BCUT2D eigenvalue weighted by molar-refractivity contribution is 7.89. The number of phenols is 1. The number of hydrogen-bond acceptors (Lipinski definition) is 6. The summed E-state index contributed by atoms with van der Waals surface area (Å²) in [6, 6.07) is 10.4. The average molecular weight is 404 g/mol. The SMILES string of the molecule is CC(=O)c1ccc(N2CCN(S(=O)(=O)c3ccc(O)c(C(=O)O)c3)CC2)cc1. The number of anilines is 1. The van der Waals surface area contributed by atoms with Gasteiger partial charge in [-0.15, -0.1) is 0 Å². The molecule has 0 amide bonds. The van der Waals surface area contributed by atoms with Crippen molar-refractivity contribution in [3.63, 3.8) is 0 Å². The van der Waals surface area contributed by atoms with Crippen LogP contribution in [-0.4, -0.2) is 60.9 Å². The summed E-state index contributed by atoms with van der Waals surface area (Å²) in [5.41, 5.74) is 1.07. The molecule has 1 heterocycles. The Balaban J connectivity index is 1.74. The standard InChI is InChI=1S/C19H20N2O6S/c1-13(22)14-2-4-15(5-3-14)20-8-10-21(11-9-20)28(26,27)16-6-7-18(23)17(12-16)19(24)25/h2-7,12,23H,8-11H2,1H3,(H,24,25). The van der Waals surface area contributed by atoms with Crippen LogP contribution in [0, 0.1) is 0 Å². The number of hydrogen-bond donors (Lipinski definition) is 2. The van der Waals surface area contributed by atoms with Gasteiger partial charge in [-0.3, -0.25) is 4.79 Å². The van der Waals surface area contributed by atoms with E-state index < -0.39 is 27.3 Å². The Morgan fingerprint density at radius 3 is 2.11 bits per heavy atom.